The molecule has 3 nitrogen and oxygen atoms in total. The zero-order valence-electron chi connectivity index (χ0n) is 18.9. The fourth-order valence-electron chi connectivity index (χ4n) is 3.50. The topological polar surface area (TPSA) is 27.7 Å². The van der Waals surface area contributed by atoms with Crippen LogP contribution in [0.25, 0.3) is 0 Å². The molecule has 164 valence electrons. The van der Waals surface area contributed by atoms with E-state index < -0.39 is 0 Å². The highest BCUT2D eigenvalue weighted by atomic mass is 79.9. The molecular weight excluding hydrogens is 452 g/mol. The second kappa shape index (κ2) is 10.7. The Hall–Kier alpha value is -2.46. The van der Waals surface area contributed by atoms with Crippen LogP contribution in [0.5, 0.6) is 17.2 Å². The van der Waals surface area contributed by atoms with Crippen LogP contribution in [-0.4, -0.2) is 19.3 Å². The highest BCUT2D eigenvalue weighted by Gasteiger charge is 2.14. The standard InChI is InChI=1S/C27H31BrO3/c1-18(2)30-24-12-10-20(11-13-24)14-21-8-6-7-9-22(21)15-23-16-27(31-19(3)4)26(29-5)17-25(23)28/h6-13,16-19H,14-15H2,1-5H3. The van der Waals surface area contributed by atoms with E-state index in [9.17, 15) is 0 Å². The number of halogens is 1. The predicted molar refractivity (Wildman–Crippen MR) is 131 cm³/mol. The highest BCUT2D eigenvalue weighted by molar-refractivity contribution is 9.10. The summed E-state index contributed by atoms with van der Waals surface area (Å²) in [6.07, 6.45) is 1.95. The lowest BCUT2D eigenvalue weighted by molar-refractivity contribution is 0.230. The Morgan fingerprint density at radius 3 is 1.90 bits per heavy atom. The van der Waals surface area contributed by atoms with E-state index in [1.807, 2.05) is 45.9 Å². The molecule has 0 aliphatic carbocycles. The molecule has 0 spiro atoms. The molecule has 0 amide bonds. The lowest BCUT2D eigenvalue weighted by Gasteiger charge is -2.17. The number of ether oxygens (including phenoxy) is 3. The van der Waals surface area contributed by atoms with Crippen molar-refractivity contribution < 1.29 is 14.2 Å². The van der Waals surface area contributed by atoms with Gasteiger partial charge >= 0.3 is 0 Å². The van der Waals surface area contributed by atoms with E-state index in [0.29, 0.717) is 0 Å². The van der Waals surface area contributed by atoms with Gasteiger partial charge in [0.25, 0.3) is 0 Å². The van der Waals surface area contributed by atoms with Crippen LogP contribution in [-0.2, 0) is 12.8 Å². The molecule has 0 aliphatic heterocycles. The maximum absolute atomic E-state index is 5.98. The van der Waals surface area contributed by atoms with Crippen LogP contribution < -0.4 is 14.2 Å². The minimum Gasteiger partial charge on any atom is -0.493 e. The predicted octanol–water partition coefficient (Wildman–Crippen LogP) is 7.21. The first kappa shape index (κ1) is 23.2. The monoisotopic (exact) mass is 482 g/mol. The molecule has 31 heavy (non-hydrogen) atoms. The highest BCUT2D eigenvalue weighted by Crippen LogP contribution is 2.35. The lowest BCUT2D eigenvalue weighted by atomic mass is 9.95. The van der Waals surface area contributed by atoms with Gasteiger partial charge < -0.3 is 14.2 Å². The maximum Gasteiger partial charge on any atom is 0.161 e. The number of hydrogen-bond donors (Lipinski definition) is 0. The van der Waals surface area contributed by atoms with E-state index >= 15 is 0 Å². The molecule has 4 heteroatoms. The Labute approximate surface area is 194 Å². The van der Waals surface area contributed by atoms with Crippen molar-refractivity contribution in [1.29, 1.82) is 0 Å². The van der Waals surface area contributed by atoms with Gasteiger partial charge in [0.15, 0.2) is 11.5 Å². The zero-order valence-corrected chi connectivity index (χ0v) is 20.5. The first-order chi connectivity index (χ1) is 14.9. The van der Waals surface area contributed by atoms with Crippen LogP contribution in [0, 0.1) is 0 Å². The second-order valence-corrected chi connectivity index (χ2v) is 9.05. The molecule has 0 saturated heterocycles. The van der Waals surface area contributed by atoms with E-state index in [2.05, 4.69) is 58.4 Å². The summed E-state index contributed by atoms with van der Waals surface area (Å²) in [4.78, 5) is 0. The van der Waals surface area contributed by atoms with Crippen LogP contribution in [0.15, 0.2) is 65.1 Å². The molecular formula is C27H31BrO3. The summed E-state index contributed by atoms with van der Waals surface area (Å²) in [6, 6.07) is 21.1. The molecule has 3 rings (SSSR count). The lowest BCUT2D eigenvalue weighted by Crippen LogP contribution is -2.07. The first-order valence-electron chi connectivity index (χ1n) is 10.7. The summed E-state index contributed by atoms with van der Waals surface area (Å²) in [5, 5.41) is 0. The SMILES string of the molecule is COc1cc(Br)c(Cc2ccccc2Cc2ccc(OC(C)C)cc2)cc1OC(C)C. The zero-order chi connectivity index (χ0) is 22.4. The van der Waals surface area contributed by atoms with Crippen molar-refractivity contribution in [1.82, 2.24) is 0 Å². The van der Waals surface area contributed by atoms with Crippen molar-refractivity contribution >= 4 is 15.9 Å². The molecule has 0 heterocycles. The minimum absolute atomic E-state index is 0.0814. The normalized spacial score (nSPS) is 11.1. The molecule has 3 aromatic carbocycles. The largest absolute Gasteiger partial charge is 0.493 e. The van der Waals surface area contributed by atoms with Crippen LogP contribution >= 0.6 is 15.9 Å². The fourth-order valence-corrected chi connectivity index (χ4v) is 3.97. The van der Waals surface area contributed by atoms with E-state index in [-0.39, 0.29) is 12.2 Å². The third-order valence-corrected chi connectivity index (χ3v) is 5.62. The van der Waals surface area contributed by atoms with Gasteiger partial charge in [0, 0.05) is 4.47 Å². The molecule has 0 fully saturated rings. The maximum atomic E-state index is 5.98. The van der Waals surface area contributed by atoms with Gasteiger partial charge in [-0.2, -0.15) is 0 Å². The molecule has 0 bridgehead atoms. The summed E-state index contributed by atoms with van der Waals surface area (Å²) in [7, 11) is 1.67. The molecule has 3 aromatic rings. The molecule has 0 aromatic heterocycles. The summed E-state index contributed by atoms with van der Waals surface area (Å²) in [5.74, 6) is 2.42. The minimum atomic E-state index is 0.0814. The molecule has 0 atom stereocenters. The van der Waals surface area contributed by atoms with Gasteiger partial charge in [-0.05, 0) is 87.1 Å². The van der Waals surface area contributed by atoms with Crippen LogP contribution in [0.2, 0.25) is 0 Å². The van der Waals surface area contributed by atoms with Gasteiger partial charge in [0.1, 0.15) is 5.75 Å². The average molecular weight is 483 g/mol. The molecule has 0 N–H and O–H groups in total. The summed E-state index contributed by atoms with van der Waals surface area (Å²) >= 11 is 3.72. The van der Waals surface area contributed by atoms with Gasteiger partial charge in [0.2, 0.25) is 0 Å². The summed E-state index contributed by atoms with van der Waals surface area (Å²) < 4.78 is 18.3. The van der Waals surface area contributed by atoms with Crippen molar-refractivity contribution in [3.05, 3.63) is 87.4 Å². The van der Waals surface area contributed by atoms with Gasteiger partial charge in [-0.3, -0.25) is 0 Å². The molecule has 0 radical (unpaired) electrons. The van der Waals surface area contributed by atoms with Crippen molar-refractivity contribution in [3.8, 4) is 17.2 Å². The Morgan fingerprint density at radius 2 is 1.32 bits per heavy atom. The molecule has 0 saturated carbocycles. The van der Waals surface area contributed by atoms with Gasteiger partial charge in [-0.1, -0.05) is 52.3 Å². The Bertz CT molecular complexity index is 994. The van der Waals surface area contributed by atoms with E-state index in [1.165, 1.54) is 22.3 Å². The third-order valence-electron chi connectivity index (χ3n) is 4.88. The van der Waals surface area contributed by atoms with Crippen LogP contribution in [0.3, 0.4) is 0 Å². The van der Waals surface area contributed by atoms with Crippen LogP contribution in [0.4, 0.5) is 0 Å². The Balaban J connectivity index is 1.84. The quantitative estimate of drug-likeness (QED) is 0.322. The number of benzene rings is 3. The van der Waals surface area contributed by atoms with E-state index in [1.54, 1.807) is 7.11 Å². The smallest absolute Gasteiger partial charge is 0.161 e. The molecule has 0 unspecified atom stereocenters. The number of methoxy groups -OCH3 is 1. The van der Waals surface area contributed by atoms with Crippen molar-refractivity contribution in [2.45, 2.75) is 52.7 Å². The molecule has 0 aliphatic rings. The average Bonchev–Trinajstić information content (AvgIpc) is 2.72. The Kier molecular flexibility index (Phi) is 8.03. The first-order valence-corrected chi connectivity index (χ1v) is 11.5. The van der Waals surface area contributed by atoms with Crippen LogP contribution in [0.1, 0.15) is 49.9 Å². The van der Waals surface area contributed by atoms with Crippen molar-refractivity contribution in [2.24, 2.45) is 0 Å². The van der Waals surface area contributed by atoms with Gasteiger partial charge in [-0.15, -0.1) is 0 Å². The fraction of sp³-hybridized carbons (Fsp3) is 0.333. The number of rotatable bonds is 9. The third kappa shape index (κ3) is 6.51. The Morgan fingerprint density at radius 1 is 0.710 bits per heavy atom. The summed E-state index contributed by atoms with van der Waals surface area (Å²) in [5.41, 5.74) is 5.05. The van der Waals surface area contributed by atoms with Gasteiger partial charge in [0.05, 0.1) is 19.3 Å². The van der Waals surface area contributed by atoms with E-state index in [4.69, 9.17) is 14.2 Å². The van der Waals surface area contributed by atoms with E-state index in [0.717, 1.165) is 34.6 Å². The van der Waals surface area contributed by atoms with Gasteiger partial charge in [-0.25, -0.2) is 0 Å². The van der Waals surface area contributed by atoms with Crippen molar-refractivity contribution in [2.75, 3.05) is 7.11 Å². The summed E-state index contributed by atoms with van der Waals surface area (Å²) in [6.45, 7) is 8.13. The second-order valence-electron chi connectivity index (χ2n) is 8.19. The van der Waals surface area contributed by atoms with Crippen molar-refractivity contribution in [3.63, 3.8) is 0 Å². The number of hydrogen-bond acceptors (Lipinski definition) is 3.